The number of hydrogen-bond acceptors (Lipinski definition) is 8. The number of furan rings is 1. The predicted octanol–water partition coefficient (Wildman–Crippen LogP) is 4.65. The zero-order valence-electron chi connectivity index (χ0n) is 18.3. The molecule has 0 radical (unpaired) electrons. The Labute approximate surface area is 199 Å². The van der Waals surface area contributed by atoms with Crippen molar-refractivity contribution < 1.29 is 28.2 Å². The van der Waals surface area contributed by atoms with Crippen molar-refractivity contribution in [3.8, 4) is 17.2 Å². The molecule has 8 nitrogen and oxygen atoms in total. The first-order valence-corrected chi connectivity index (χ1v) is 10.9. The Morgan fingerprint density at radius 1 is 1.12 bits per heavy atom. The Bertz CT molecular complexity index is 1250. The molecule has 0 bridgehead atoms. The Kier molecular flexibility index (Phi) is 6.98. The summed E-state index contributed by atoms with van der Waals surface area (Å²) in [5.74, 6) is 0.289. The molecule has 0 atom stereocenters. The van der Waals surface area contributed by atoms with E-state index < -0.39 is 0 Å². The molecular formula is C24H20FN3O5S. The van der Waals surface area contributed by atoms with E-state index in [2.05, 4.69) is 10.2 Å². The van der Waals surface area contributed by atoms with Gasteiger partial charge in [-0.3, -0.25) is 9.69 Å². The first kappa shape index (κ1) is 23.1. The van der Waals surface area contributed by atoms with Gasteiger partial charge in [0, 0.05) is 5.56 Å². The molecule has 3 aromatic rings. The number of methoxy groups -OCH3 is 2. The molecule has 0 unspecified atom stereocenters. The molecule has 0 aliphatic carbocycles. The smallest absolute Gasteiger partial charge is 0.267 e. The van der Waals surface area contributed by atoms with Gasteiger partial charge in [0.05, 0.1) is 38.1 Å². The highest BCUT2D eigenvalue weighted by atomic mass is 32.2. The van der Waals surface area contributed by atoms with Crippen molar-refractivity contribution >= 4 is 35.1 Å². The molecule has 0 saturated carbocycles. The van der Waals surface area contributed by atoms with Gasteiger partial charge < -0.3 is 19.0 Å². The van der Waals surface area contributed by atoms with Gasteiger partial charge in [-0.15, -0.1) is 5.10 Å². The van der Waals surface area contributed by atoms with Crippen LogP contribution in [0.5, 0.6) is 17.2 Å². The van der Waals surface area contributed by atoms with E-state index in [1.54, 1.807) is 42.5 Å². The molecule has 10 heteroatoms. The number of nitrogens with zero attached hydrogens (tertiary/aromatic N) is 3. The van der Waals surface area contributed by atoms with Crippen molar-refractivity contribution in [1.82, 2.24) is 4.90 Å². The fourth-order valence-electron chi connectivity index (χ4n) is 3.12. The highest BCUT2D eigenvalue weighted by Gasteiger charge is 2.34. The maximum atomic E-state index is 13.2. The highest BCUT2D eigenvalue weighted by molar-refractivity contribution is 8.18. The minimum atomic E-state index is -0.355. The Morgan fingerprint density at radius 3 is 2.44 bits per heavy atom. The number of benzene rings is 2. The molecule has 2 aromatic carbocycles. The van der Waals surface area contributed by atoms with Gasteiger partial charge in [-0.25, -0.2) is 4.39 Å². The lowest BCUT2D eigenvalue weighted by Gasteiger charge is -2.12. The number of carbonyl (C=O) groups excluding carboxylic acids is 1. The van der Waals surface area contributed by atoms with Crippen molar-refractivity contribution in [2.45, 2.75) is 6.54 Å². The van der Waals surface area contributed by atoms with Crippen molar-refractivity contribution in [1.29, 1.82) is 0 Å². The van der Waals surface area contributed by atoms with E-state index in [4.69, 9.17) is 13.9 Å². The quantitative estimate of drug-likeness (QED) is 0.300. The average Bonchev–Trinajstić information content (AvgIpc) is 3.45. The third-order valence-electron chi connectivity index (χ3n) is 4.80. The summed E-state index contributed by atoms with van der Waals surface area (Å²) in [6.45, 7) is 0.175. The van der Waals surface area contributed by atoms with Crippen LogP contribution < -0.4 is 9.47 Å². The lowest BCUT2D eigenvalue weighted by Crippen LogP contribution is -2.28. The van der Waals surface area contributed by atoms with Crippen LogP contribution in [0.25, 0.3) is 6.08 Å². The van der Waals surface area contributed by atoms with Crippen molar-refractivity contribution in [2.75, 3.05) is 14.2 Å². The van der Waals surface area contributed by atoms with Crippen molar-refractivity contribution in [3.63, 3.8) is 0 Å². The summed E-state index contributed by atoms with van der Waals surface area (Å²) in [5.41, 5.74) is 1.26. The SMILES string of the molecule is COc1cc(/C=N/N=C2\S/C(=C\c3ccc(F)cc3)C(=O)N2Cc2ccco2)cc(OC)c1O. The Morgan fingerprint density at radius 2 is 1.82 bits per heavy atom. The summed E-state index contributed by atoms with van der Waals surface area (Å²) in [4.78, 5) is 14.9. The molecule has 1 aliphatic rings. The van der Waals surface area contributed by atoms with Gasteiger partial charge in [-0.1, -0.05) is 12.1 Å². The van der Waals surface area contributed by atoms with Crippen molar-refractivity contribution in [2.24, 2.45) is 10.2 Å². The molecule has 1 aliphatic heterocycles. The zero-order valence-corrected chi connectivity index (χ0v) is 19.1. The molecule has 34 heavy (non-hydrogen) atoms. The molecule has 0 spiro atoms. The number of ether oxygens (including phenoxy) is 2. The number of aromatic hydroxyl groups is 1. The Hall–Kier alpha value is -4.05. The maximum Gasteiger partial charge on any atom is 0.267 e. The molecule has 4 rings (SSSR count). The normalized spacial score (nSPS) is 16.2. The molecule has 174 valence electrons. The summed E-state index contributed by atoms with van der Waals surface area (Å²) in [6, 6.07) is 12.5. The van der Waals surface area contributed by atoms with E-state index in [1.807, 2.05) is 0 Å². The second-order valence-electron chi connectivity index (χ2n) is 7.03. The van der Waals surface area contributed by atoms with Crippen LogP contribution in [0.4, 0.5) is 4.39 Å². The van der Waals surface area contributed by atoms with Gasteiger partial charge in [-0.2, -0.15) is 5.10 Å². The molecule has 1 fully saturated rings. The summed E-state index contributed by atoms with van der Waals surface area (Å²) in [5, 5.41) is 18.8. The van der Waals surface area contributed by atoms with E-state index in [0.29, 0.717) is 27.0 Å². The summed E-state index contributed by atoms with van der Waals surface area (Å²) in [6.07, 6.45) is 4.65. The van der Waals surface area contributed by atoms with Crippen LogP contribution in [0.15, 0.2) is 74.3 Å². The molecule has 1 aromatic heterocycles. The number of phenols is 1. The first-order chi connectivity index (χ1) is 16.5. The molecular weight excluding hydrogens is 461 g/mol. The molecule has 1 amide bonds. The van der Waals surface area contributed by atoms with Crippen LogP contribution in [-0.4, -0.2) is 41.5 Å². The lowest BCUT2D eigenvalue weighted by molar-refractivity contribution is -0.122. The monoisotopic (exact) mass is 481 g/mol. The van der Waals surface area contributed by atoms with Gasteiger partial charge in [0.25, 0.3) is 5.91 Å². The third-order valence-corrected chi connectivity index (χ3v) is 5.80. The third kappa shape index (κ3) is 5.12. The van der Waals surface area contributed by atoms with E-state index >= 15 is 0 Å². The van der Waals surface area contributed by atoms with Gasteiger partial charge in [0.2, 0.25) is 5.75 Å². The molecule has 2 heterocycles. The van der Waals surface area contributed by atoms with E-state index in [0.717, 1.165) is 11.8 Å². The van der Waals surface area contributed by atoms with Gasteiger partial charge in [-0.05, 0) is 59.8 Å². The minimum absolute atomic E-state index is 0.120. The lowest BCUT2D eigenvalue weighted by atomic mass is 10.2. The van der Waals surface area contributed by atoms with E-state index in [9.17, 15) is 14.3 Å². The number of halogens is 1. The van der Waals surface area contributed by atoms with Gasteiger partial charge in [0.1, 0.15) is 11.6 Å². The van der Waals surface area contributed by atoms with Crippen LogP contribution in [0.2, 0.25) is 0 Å². The number of hydrogen-bond donors (Lipinski definition) is 1. The number of amides is 1. The maximum absolute atomic E-state index is 13.2. The predicted molar refractivity (Wildman–Crippen MR) is 127 cm³/mol. The van der Waals surface area contributed by atoms with E-state index in [1.165, 1.54) is 43.7 Å². The van der Waals surface area contributed by atoms with Crippen LogP contribution >= 0.6 is 11.8 Å². The fraction of sp³-hybridized carbons (Fsp3) is 0.125. The first-order valence-electron chi connectivity index (χ1n) is 10.0. The minimum Gasteiger partial charge on any atom is -0.502 e. The number of rotatable bonds is 7. The number of carbonyl (C=O) groups is 1. The summed E-state index contributed by atoms with van der Waals surface area (Å²) < 4.78 is 28.9. The summed E-state index contributed by atoms with van der Waals surface area (Å²) in [7, 11) is 2.86. The number of phenolic OH excluding ortho intramolecular Hbond substituents is 1. The second kappa shape index (κ2) is 10.3. The zero-order chi connectivity index (χ0) is 24.1. The standard InChI is InChI=1S/C24H20FN3O5S/c1-31-19-10-16(11-20(32-2)22(19)29)13-26-27-24-28(14-18-4-3-9-33-18)23(30)21(34-24)12-15-5-7-17(25)8-6-15/h3-13,29H,14H2,1-2H3/b21-12-,26-13+,27-24-. The Balaban J connectivity index is 1.63. The van der Waals surface area contributed by atoms with Gasteiger partial charge in [0.15, 0.2) is 16.7 Å². The molecule has 1 saturated heterocycles. The molecule has 1 N–H and O–H groups in total. The average molecular weight is 482 g/mol. The van der Waals surface area contributed by atoms with Crippen LogP contribution in [0.3, 0.4) is 0 Å². The topological polar surface area (TPSA) is 96.9 Å². The second-order valence-corrected chi connectivity index (χ2v) is 8.04. The van der Waals surface area contributed by atoms with Gasteiger partial charge >= 0.3 is 0 Å². The fourth-order valence-corrected chi connectivity index (χ4v) is 4.06. The van der Waals surface area contributed by atoms with Crippen molar-refractivity contribution in [3.05, 3.63) is 82.4 Å². The largest absolute Gasteiger partial charge is 0.502 e. The number of thioether (sulfide) groups is 1. The van der Waals surface area contributed by atoms with Crippen LogP contribution in [0.1, 0.15) is 16.9 Å². The summed E-state index contributed by atoms with van der Waals surface area (Å²) >= 11 is 1.15. The highest BCUT2D eigenvalue weighted by Crippen LogP contribution is 2.37. The number of amidine groups is 1. The van der Waals surface area contributed by atoms with E-state index in [-0.39, 0.29) is 35.5 Å². The van der Waals surface area contributed by atoms with Crippen LogP contribution in [0, 0.1) is 5.82 Å². The van der Waals surface area contributed by atoms with Crippen LogP contribution in [-0.2, 0) is 11.3 Å².